The number of halogens is 1. The van der Waals surface area contributed by atoms with E-state index in [9.17, 15) is 13.2 Å². The number of hydrogen-bond acceptors (Lipinski definition) is 4. The highest BCUT2D eigenvalue weighted by atomic mass is 79.9. The van der Waals surface area contributed by atoms with E-state index in [0.717, 1.165) is 17.3 Å². The average molecular weight is 471 g/mol. The fraction of sp³-hybridized carbons (Fsp3) is 0.421. The number of carbonyl (C=O) groups excluding carboxylic acids is 1. The van der Waals surface area contributed by atoms with Crippen LogP contribution in [0.4, 0.5) is 0 Å². The summed E-state index contributed by atoms with van der Waals surface area (Å²) in [5.41, 5.74) is 0. The van der Waals surface area contributed by atoms with Crippen LogP contribution in [0, 0.1) is 0 Å². The largest absolute Gasteiger partial charge is 0.354 e. The molecule has 146 valence electrons. The van der Waals surface area contributed by atoms with Gasteiger partial charge in [-0.1, -0.05) is 35.3 Å². The third kappa shape index (κ3) is 4.80. The number of carbonyl (C=O) groups is 1. The number of amides is 1. The van der Waals surface area contributed by atoms with Crippen molar-refractivity contribution >= 4 is 43.2 Å². The van der Waals surface area contributed by atoms with Crippen molar-refractivity contribution in [3.05, 3.63) is 51.1 Å². The second-order valence-corrected chi connectivity index (χ2v) is 10.5. The standard InChI is InChI=1S/C19H23BrN2O3S2/c1-14(18-6-4-12-26-18)13-21-19(23)17-5-2-3-11-22(17)27(24,25)16-9-7-15(20)8-10-16/h4,6-10,12,14,17H,2-3,5,11,13H2,1H3,(H,21,23). The summed E-state index contributed by atoms with van der Waals surface area (Å²) in [5, 5.41) is 4.97. The van der Waals surface area contributed by atoms with Gasteiger partial charge in [-0.15, -0.1) is 11.3 Å². The Morgan fingerprint density at radius 3 is 2.70 bits per heavy atom. The van der Waals surface area contributed by atoms with Gasteiger partial charge in [0.15, 0.2) is 0 Å². The molecule has 2 unspecified atom stereocenters. The molecular weight excluding hydrogens is 448 g/mol. The summed E-state index contributed by atoms with van der Waals surface area (Å²) < 4.78 is 28.3. The van der Waals surface area contributed by atoms with Gasteiger partial charge >= 0.3 is 0 Å². The molecule has 0 saturated carbocycles. The molecule has 1 aliphatic heterocycles. The van der Waals surface area contributed by atoms with E-state index < -0.39 is 16.1 Å². The molecule has 5 nitrogen and oxygen atoms in total. The van der Waals surface area contributed by atoms with E-state index in [2.05, 4.69) is 28.2 Å². The molecule has 0 aliphatic carbocycles. The maximum atomic E-state index is 13.1. The number of sulfonamides is 1. The molecule has 2 atom stereocenters. The lowest BCUT2D eigenvalue weighted by Gasteiger charge is -2.33. The number of hydrogen-bond donors (Lipinski definition) is 1. The van der Waals surface area contributed by atoms with E-state index in [4.69, 9.17) is 0 Å². The molecule has 1 saturated heterocycles. The van der Waals surface area contributed by atoms with Crippen molar-refractivity contribution in [2.24, 2.45) is 0 Å². The Bertz CT molecular complexity index is 867. The van der Waals surface area contributed by atoms with Crippen molar-refractivity contribution in [2.45, 2.75) is 43.0 Å². The number of benzene rings is 1. The number of nitrogens with zero attached hydrogens (tertiary/aromatic N) is 1. The van der Waals surface area contributed by atoms with E-state index in [1.54, 1.807) is 35.6 Å². The molecule has 2 heterocycles. The van der Waals surface area contributed by atoms with Crippen LogP contribution in [-0.4, -0.2) is 37.8 Å². The number of piperidine rings is 1. The summed E-state index contributed by atoms with van der Waals surface area (Å²) in [6.45, 7) is 2.93. The molecule has 0 radical (unpaired) electrons. The molecule has 1 fully saturated rings. The summed E-state index contributed by atoms with van der Waals surface area (Å²) in [5.74, 6) is -0.00661. The van der Waals surface area contributed by atoms with Gasteiger partial charge < -0.3 is 5.32 Å². The smallest absolute Gasteiger partial charge is 0.243 e. The van der Waals surface area contributed by atoms with Gasteiger partial charge in [-0.2, -0.15) is 4.31 Å². The van der Waals surface area contributed by atoms with Crippen LogP contribution in [-0.2, 0) is 14.8 Å². The number of nitrogens with one attached hydrogen (secondary N) is 1. The summed E-state index contributed by atoms with van der Waals surface area (Å²) >= 11 is 4.98. The van der Waals surface area contributed by atoms with Gasteiger partial charge in [0, 0.05) is 28.4 Å². The van der Waals surface area contributed by atoms with Crippen molar-refractivity contribution in [3.63, 3.8) is 0 Å². The fourth-order valence-electron chi connectivity index (χ4n) is 3.24. The van der Waals surface area contributed by atoms with Crippen LogP contribution in [0.3, 0.4) is 0 Å². The maximum Gasteiger partial charge on any atom is 0.243 e. The van der Waals surface area contributed by atoms with Crippen molar-refractivity contribution < 1.29 is 13.2 Å². The number of thiophene rings is 1. The van der Waals surface area contributed by atoms with Crippen molar-refractivity contribution in [1.29, 1.82) is 0 Å². The van der Waals surface area contributed by atoms with Gasteiger partial charge in [-0.05, 0) is 48.6 Å². The monoisotopic (exact) mass is 470 g/mol. The Hall–Kier alpha value is -1.22. The van der Waals surface area contributed by atoms with Crippen LogP contribution < -0.4 is 5.32 Å². The molecule has 1 amide bonds. The Morgan fingerprint density at radius 1 is 1.30 bits per heavy atom. The lowest BCUT2D eigenvalue weighted by Crippen LogP contribution is -2.52. The van der Waals surface area contributed by atoms with Gasteiger partial charge in [0.1, 0.15) is 6.04 Å². The topological polar surface area (TPSA) is 66.5 Å². The van der Waals surface area contributed by atoms with Crippen LogP contribution in [0.25, 0.3) is 0 Å². The molecule has 1 aromatic carbocycles. The first-order valence-electron chi connectivity index (χ1n) is 8.98. The first-order chi connectivity index (χ1) is 12.9. The van der Waals surface area contributed by atoms with E-state index in [-0.39, 0.29) is 16.7 Å². The van der Waals surface area contributed by atoms with Gasteiger partial charge in [0.05, 0.1) is 4.90 Å². The minimum Gasteiger partial charge on any atom is -0.354 e. The fourth-order valence-corrected chi connectivity index (χ4v) is 5.95. The highest BCUT2D eigenvalue weighted by Gasteiger charge is 2.37. The zero-order chi connectivity index (χ0) is 19.4. The normalized spacial score (nSPS) is 19.6. The maximum absolute atomic E-state index is 13.1. The second kappa shape index (κ2) is 8.86. The zero-order valence-corrected chi connectivity index (χ0v) is 18.3. The van der Waals surface area contributed by atoms with E-state index in [1.807, 2.05) is 17.5 Å². The predicted octanol–water partition coefficient (Wildman–Crippen LogP) is 3.97. The molecule has 8 heteroatoms. The number of rotatable bonds is 6. The summed E-state index contributed by atoms with van der Waals surface area (Å²) in [6.07, 6.45) is 2.17. The van der Waals surface area contributed by atoms with Crippen LogP contribution >= 0.6 is 27.3 Å². The van der Waals surface area contributed by atoms with Gasteiger partial charge in [0.25, 0.3) is 0 Å². The van der Waals surface area contributed by atoms with E-state index in [0.29, 0.717) is 19.5 Å². The van der Waals surface area contributed by atoms with Crippen molar-refractivity contribution in [2.75, 3.05) is 13.1 Å². The second-order valence-electron chi connectivity index (χ2n) is 6.74. The highest BCUT2D eigenvalue weighted by Crippen LogP contribution is 2.27. The van der Waals surface area contributed by atoms with Crippen LogP contribution in [0.15, 0.2) is 51.1 Å². The lowest BCUT2D eigenvalue weighted by atomic mass is 10.0. The minimum absolute atomic E-state index is 0.203. The molecule has 1 aromatic heterocycles. The summed E-state index contributed by atoms with van der Waals surface area (Å²) in [7, 11) is -3.70. The molecule has 27 heavy (non-hydrogen) atoms. The Kier molecular flexibility index (Phi) is 6.73. The summed E-state index contributed by atoms with van der Waals surface area (Å²) in [6, 6.07) is 9.94. The summed E-state index contributed by atoms with van der Waals surface area (Å²) in [4.78, 5) is 14.2. The van der Waals surface area contributed by atoms with Crippen molar-refractivity contribution in [1.82, 2.24) is 9.62 Å². The Balaban J connectivity index is 1.72. The molecular formula is C19H23BrN2O3S2. The SMILES string of the molecule is CC(CNC(=O)C1CCCCN1S(=O)(=O)c1ccc(Br)cc1)c1cccs1. The molecule has 0 spiro atoms. The first kappa shape index (κ1) is 20.5. The minimum atomic E-state index is -3.70. The zero-order valence-electron chi connectivity index (χ0n) is 15.1. The van der Waals surface area contributed by atoms with E-state index in [1.165, 1.54) is 9.18 Å². The molecule has 2 aromatic rings. The van der Waals surface area contributed by atoms with Crippen LogP contribution in [0.1, 0.15) is 37.0 Å². The van der Waals surface area contributed by atoms with Gasteiger partial charge in [-0.25, -0.2) is 8.42 Å². The highest BCUT2D eigenvalue weighted by molar-refractivity contribution is 9.10. The molecule has 1 aliphatic rings. The molecule has 0 bridgehead atoms. The van der Waals surface area contributed by atoms with E-state index >= 15 is 0 Å². The van der Waals surface area contributed by atoms with Crippen LogP contribution in [0.5, 0.6) is 0 Å². The average Bonchev–Trinajstić information content (AvgIpc) is 3.21. The van der Waals surface area contributed by atoms with Gasteiger partial charge in [0.2, 0.25) is 15.9 Å². The Labute approximate surface area is 173 Å². The third-order valence-corrected chi connectivity index (χ3v) is 8.34. The van der Waals surface area contributed by atoms with Crippen molar-refractivity contribution in [3.8, 4) is 0 Å². The quantitative estimate of drug-likeness (QED) is 0.694. The molecule has 3 rings (SSSR count). The first-order valence-corrected chi connectivity index (χ1v) is 12.1. The molecule has 1 N–H and O–H groups in total. The third-order valence-electron chi connectivity index (χ3n) is 4.79. The Morgan fingerprint density at radius 2 is 2.04 bits per heavy atom. The lowest BCUT2D eigenvalue weighted by molar-refractivity contribution is -0.125. The predicted molar refractivity (Wildman–Crippen MR) is 111 cm³/mol. The van der Waals surface area contributed by atoms with Gasteiger partial charge in [-0.3, -0.25) is 4.79 Å². The van der Waals surface area contributed by atoms with Crippen LogP contribution in [0.2, 0.25) is 0 Å².